The van der Waals surface area contributed by atoms with Crippen molar-refractivity contribution >= 4 is 35.5 Å². The predicted octanol–water partition coefficient (Wildman–Crippen LogP) is 4.65. The zero-order chi connectivity index (χ0) is 17.6. The minimum atomic E-state index is 0.291. The molecular formula is C18H16ClN3O3. The Morgan fingerprint density at radius 1 is 1.00 bits per heavy atom. The van der Waals surface area contributed by atoms with Crippen LogP contribution in [-0.4, -0.2) is 24.4 Å². The van der Waals surface area contributed by atoms with Gasteiger partial charge < -0.3 is 19.2 Å². The highest BCUT2D eigenvalue weighted by atomic mass is 35.5. The molecule has 0 radical (unpaired) electrons. The molecule has 0 aliphatic carbocycles. The Kier molecular flexibility index (Phi) is 5.20. The maximum atomic E-state index is 5.86. The summed E-state index contributed by atoms with van der Waals surface area (Å²) in [4.78, 5) is 0. The molecule has 1 aromatic heterocycles. The van der Waals surface area contributed by atoms with Gasteiger partial charge in [-0.15, -0.1) is 5.10 Å². The second-order valence-corrected chi connectivity index (χ2v) is 5.45. The standard InChI is InChI=1S/C18H16ClN3O3/c1-23-15-8-9-16(24-2)12(11-15)3-10-17-21-22-18(25-17)20-14-6-4-13(19)5-7-14/h3-11H,1-2H3,(H,20,22)/b10-3+. The van der Waals surface area contributed by atoms with Crippen molar-refractivity contribution in [3.8, 4) is 11.5 Å². The second-order valence-electron chi connectivity index (χ2n) is 5.02. The third kappa shape index (κ3) is 4.30. The van der Waals surface area contributed by atoms with E-state index in [-0.39, 0.29) is 0 Å². The lowest BCUT2D eigenvalue weighted by Gasteiger charge is -2.06. The number of hydrogen-bond donors (Lipinski definition) is 1. The fourth-order valence-electron chi connectivity index (χ4n) is 2.14. The summed E-state index contributed by atoms with van der Waals surface area (Å²) in [5.74, 6) is 1.81. The van der Waals surface area contributed by atoms with Gasteiger partial charge in [-0.25, -0.2) is 0 Å². The van der Waals surface area contributed by atoms with Crippen molar-refractivity contribution in [1.82, 2.24) is 10.2 Å². The molecule has 1 heterocycles. The van der Waals surface area contributed by atoms with Crippen LogP contribution in [0.2, 0.25) is 5.02 Å². The van der Waals surface area contributed by atoms with Gasteiger partial charge in [-0.1, -0.05) is 16.7 Å². The summed E-state index contributed by atoms with van der Waals surface area (Å²) >= 11 is 5.86. The maximum Gasteiger partial charge on any atom is 0.320 e. The monoisotopic (exact) mass is 357 g/mol. The predicted molar refractivity (Wildman–Crippen MR) is 97.5 cm³/mol. The third-order valence-electron chi connectivity index (χ3n) is 3.38. The molecule has 1 N–H and O–H groups in total. The quantitative estimate of drug-likeness (QED) is 0.692. The third-order valence-corrected chi connectivity index (χ3v) is 3.63. The van der Waals surface area contributed by atoms with Gasteiger partial charge in [0.15, 0.2) is 0 Å². The Balaban J connectivity index is 1.74. The van der Waals surface area contributed by atoms with E-state index in [1.165, 1.54) is 0 Å². The van der Waals surface area contributed by atoms with E-state index in [4.69, 9.17) is 25.5 Å². The molecule has 0 unspecified atom stereocenters. The number of nitrogens with one attached hydrogen (secondary N) is 1. The van der Waals surface area contributed by atoms with Crippen molar-refractivity contribution in [2.75, 3.05) is 19.5 Å². The summed E-state index contributed by atoms with van der Waals surface area (Å²) < 4.78 is 16.1. The van der Waals surface area contributed by atoms with Crippen LogP contribution in [0, 0.1) is 0 Å². The van der Waals surface area contributed by atoms with Crippen molar-refractivity contribution < 1.29 is 13.9 Å². The number of aromatic nitrogens is 2. The van der Waals surface area contributed by atoms with Crippen LogP contribution in [0.3, 0.4) is 0 Å². The van der Waals surface area contributed by atoms with Crippen LogP contribution in [0.4, 0.5) is 11.7 Å². The minimum absolute atomic E-state index is 0.291. The number of ether oxygens (including phenoxy) is 2. The minimum Gasteiger partial charge on any atom is -0.497 e. The Bertz CT molecular complexity index is 876. The molecule has 0 aliphatic heterocycles. The molecule has 0 aliphatic rings. The van der Waals surface area contributed by atoms with Crippen LogP contribution < -0.4 is 14.8 Å². The molecule has 6 nitrogen and oxygen atoms in total. The Hall–Kier alpha value is -2.99. The molecule has 0 spiro atoms. The van der Waals surface area contributed by atoms with E-state index < -0.39 is 0 Å². The van der Waals surface area contributed by atoms with E-state index in [1.807, 2.05) is 36.4 Å². The summed E-state index contributed by atoms with van der Waals surface area (Å²) in [5, 5.41) is 11.6. The smallest absolute Gasteiger partial charge is 0.320 e. The SMILES string of the molecule is COc1ccc(OC)c(/C=C/c2nnc(Nc3ccc(Cl)cc3)o2)c1. The topological polar surface area (TPSA) is 69.4 Å². The first-order chi connectivity index (χ1) is 12.2. The van der Waals surface area contributed by atoms with Crippen molar-refractivity contribution in [2.24, 2.45) is 0 Å². The van der Waals surface area contributed by atoms with Crippen LogP contribution >= 0.6 is 11.6 Å². The first kappa shape index (κ1) is 16.9. The van der Waals surface area contributed by atoms with E-state index in [1.54, 1.807) is 32.4 Å². The average Bonchev–Trinajstić information content (AvgIpc) is 3.09. The largest absolute Gasteiger partial charge is 0.497 e. The summed E-state index contributed by atoms with van der Waals surface area (Å²) in [7, 11) is 3.22. The Labute approximate surface area is 150 Å². The zero-order valence-electron chi connectivity index (χ0n) is 13.7. The van der Waals surface area contributed by atoms with Gasteiger partial charge in [-0.2, -0.15) is 0 Å². The van der Waals surface area contributed by atoms with Gasteiger partial charge in [0.2, 0.25) is 5.89 Å². The van der Waals surface area contributed by atoms with E-state index in [2.05, 4.69) is 15.5 Å². The van der Waals surface area contributed by atoms with Gasteiger partial charge >= 0.3 is 6.01 Å². The van der Waals surface area contributed by atoms with Crippen LogP contribution in [0.5, 0.6) is 11.5 Å². The summed E-state index contributed by atoms with van der Waals surface area (Å²) in [6.45, 7) is 0. The van der Waals surface area contributed by atoms with Gasteiger partial charge in [-0.3, -0.25) is 0 Å². The van der Waals surface area contributed by atoms with Crippen LogP contribution in [-0.2, 0) is 0 Å². The first-order valence-corrected chi connectivity index (χ1v) is 7.82. The van der Waals surface area contributed by atoms with E-state index in [0.29, 0.717) is 16.9 Å². The number of nitrogens with zero attached hydrogens (tertiary/aromatic N) is 2. The molecule has 0 saturated heterocycles. The molecule has 2 aromatic carbocycles. The molecule has 3 aromatic rings. The molecule has 0 fully saturated rings. The second kappa shape index (κ2) is 7.72. The summed E-state index contributed by atoms with van der Waals surface area (Å²) in [5.41, 5.74) is 1.64. The normalized spacial score (nSPS) is 10.8. The Morgan fingerprint density at radius 2 is 1.80 bits per heavy atom. The number of benzene rings is 2. The number of hydrogen-bond acceptors (Lipinski definition) is 6. The van der Waals surface area contributed by atoms with E-state index in [9.17, 15) is 0 Å². The van der Waals surface area contributed by atoms with Crippen LogP contribution in [0.1, 0.15) is 11.5 Å². The van der Waals surface area contributed by atoms with Crippen molar-refractivity contribution in [1.29, 1.82) is 0 Å². The molecule has 0 bridgehead atoms. The molecule has 0 atom stereocenters. The van der Waals surface area contributed by atoms with Gasteiger partial charge in [-0.05, 0) is 48.5 Å². The number of rotatable bonds is 6. The molecule has 0 saturated carbocycles. The number of halogens is 1. The lowest BCUT2D eigenvalue weighted by molar-refractivity contribution is 0.402. The fourth-order valence-corrected chi connectivity index (χ4v) is 2.27. The van der Waals surface area contributed by atoms with Gasteiger partial charge in [0.25, 0.3) is 0 Å². The lowest BCUT2D eigenvalue weighted by atomic mass is 10.1. The molecule has 25 heavy (non-hydrogen) atoms. The van der Waals surface area contributed by atoms with Crippen molar-refractivity contribution in [2.45, 2.75) is 0 Å². The van der Waals surface area contributed by atoms with Gasteiger partial charge in [0, 0.05) is 22.3 Å². The lowest BCUT2D eigenvalue weighted by Crippen LogP contribution is -1.89. The van der Waals surface area contributed by atoms with Crippen molar-refractivity contribution in [3.63, 3.8) is 0 Å². The highest BCUT2D eigenvalue weighted by Crippen LogP contribution is 2.26. The van der Waals surface area contributed by atoms with Crippen LogP contribution in [0.25, 0.3) is 12.2 Å². The van der Waals surface area contributed by atoms with Gasteiger partial charge in [0.1, 0.15) is 11.5 Å². The van der Waals surface area contributed by atoms with E-state index >= 15 is 0 Å². The molecule has 0 amide bonds. The van der Waals surface area contributed by atoms with E-state index in [0.717, 1.165) is 22.7 Å². The summed E-state index contributed by atoms with van der Waals surface area (Å²) in [6, 6.07) is 13.0. The van der Waals surface area contributed by atoms with Crippen LogP contribution in [0.15, 0.2) is 46.9 Å². The Morgan fingerprint density at radius 3 is 2.52 bits per heavy atom. The first-order valence-electron chi connectivity index (χ1n) is 7.44. The van der Waals surface area contributed by atoms with Crippen molar-refractivity contribution in [3.05, 3.63) is 58.9 Å². The molecular weight excluding hydrogens is 342 g/mol. The fraction of sp³-hybridized carbons (Fsp3) is 0.111. The highest BCUT2D eigenvalue weighted by Gasteiger charge is 2.06. The van der Waals surface area contributed by atoms with Gasteiger partial charge in [0.05, 0.1) is 14.2 Å². The molecule has 7 heteroatoms. The number of methoxy groups -OCH3 is 2. The molecule has 3 rings (SSSR count). The zero-order valence-corrected chi connectivity index (χ0v) is 14.4. The maximum absolute atomic E-state index is 5.86. The molecule has 128 valence electrons. The number of anilines is 2. The average molecular weight is 358 g/mol. The highest BCUT2D eigenvalue weighted by molar-refractivity contribution is 6.30. The summed E-state index contributed by atoms with van der Waals surface area (Å²) in [6.07, 6.45) is 3.53.